The molecular weight excluding hydrogens is 352 g/mol. The molecule has 2 aromatic carbocycles. The smallest absolute Gasteiger partial charge is 0.330 e. The van der Waals surface area contributed by atoms with Gasteiger partial charge in [-0.2, -0.15) is 0 Å². The number of carboxylic acid groups (broad SMARTS) is 1. The molecule has 0 fully saturated rings. The van der Waals surface area contributed by atoms with Crippen LogP contribution in [-0.2, 0) is 17.6 Å². The van der Waals surface area contributed by atoms with Crippen molar-refractivity contribution >= 4 is 18.0 Å². The maximum atomic E-state index is 13.5. The zero-order valence-electron chi connectivity index (χ0n) is 15.0. The highest BCUT2D eigenvalue weighted by Gasteiger charge is 2.46. The van der Waals surface area contributed by atoms with Gasteiger partial charge in [-0.25, -0.2) is 13.6 Å². The van der Waals surface area contributed by atoms with Crippen LogP contribution in [0.1, 0.15) is 39.5 Å². The van der Waals surface area contributed by atoms with Crippen LogP contribution in [0.25, 0.3) is 6.08 Å². The van der Waals surface area contributed by atoms with E-state index in [1.807, 2.05) is 19.9 Å². The van der Waals surface area contributed by atoms with Gasteiger partial charge < -0.3 is 10.4 Å². The lowest BCUT2D eigenvalue weighted by molar-refractivity contribution is -0.144. The third kappa shape index (κ3) is 3.35. The minimum absolute atomic E-state index is 0.106. The molecule has 3 rings (SSSR count). The van der Waals surface area contributed by atoms with Gasteiger partial charge in [0.25, 0.3) is 5.91 Å². The molecule has 0 heterocycles. The van der Waals surface area contributed by atoms with Crippen molar-refractivity contribution in [1.82, 2.24) is 5.32 Å². The molecule has 1 aliphatic rings. The lowest BCUT2D eigenvalue weighted by atomic mass is 9.94. The number of carbonyl (C=O) groups excluding carboxylic acids is 1. The van der Waals surface area contributed by atoms with Gasteiger partial charge >= 0.3 is 5.97 Å². The van der Waals surface area contributed by atoms with Crippen LogP contribution in [0, 0.1) is 18.6 Å². The molecule has 0 saturated carbocycles. The summed E-state index contributed by atoms with van der Waals surface area (Å²) >= 11 is 0. The van der Waals surface area contributed by atoms with E-state index in [9.17, 15) is 23.5 Å². The van der Waals surface area contributed by atoms with Crippen LogP contribution in [0.2, 0.25) is 0 Å². The van der Waals surface area contributed by atoms with Crippen LogP contribution in [-0.4, -0.2) is 22.5 Å². The molecular formula is C21H19F2NO3. The van der Waals surface area contributed by atoms with Crippen LogP contribution in [0.4, 0.5) is 8.78 Å². The summed E-state index contributed by atoms with van der Waals surface area (Å²) in [5.74, 6) is -3.85. The molecule has 0 bridgehead atoms. The fourth-order valence-electron chi connectivity index (χ4n) is 3.52. The van der Waals surface area contributed by atoms with Crippen LogP contribution in [0.15, 0.2) is 36.4 Å². The van der Waals surface area contributed by atoms with Crippen molar-refractivity contribution in [1.29, 1.82) is 0 Å². The Hall–Kier alpha value is -3.02. The second-order valence-electron chi connectivity index (χ2n) is 6.77. The van der Waals surface area contributed by atoms with Crippen LogP contribution in [0.5, 0.6) is 0 Å². The largest absolute Gasteiger partial charge is 0.479 e. The molecule has 0 aliphatic heterocycles. The van der Waals surface area contributed by atoms with E-state index in [0.717, 1.165) is 17.7 Å². The highest BCUT2D eigenvalue weighted by molar-refractivity contribution is 6.01. The van der Waals surface area contributed by atoms with Gasteiger partial charge in [-0.05, 0) is 54.3 Å². The summed E-state index contributed by atoms with van der Waals surface area (Å²) in [6, 6.07) is 7.20. The third-order valence-corrected chi connectivity index (χ3v) is 4.89. The number of amides is 1. The van der Waals surface area contributed by atoms with Crippen LogP contribution in [0.3, 0.4) is 0 Å². The summed E-state index contributed by atoms with van der Waals surface area (Å²) in [5.41, 5.74) is 1.05. The quantitative estimate of drug-likeness (QED) is 0.862. The number of hydrogen-bond donors (Lipinski definition) is 2. The van der Waals surface area contributed by atoms with Crippen molar-refractivity contribution in [2.45, 2.75) is 32.2 Å². The zero-order chi connectivity index (χ0) is 19.8. The number of halogens is 2. The van der Waals surface area contributed by atoms with Gasteiger partial charge in [0.05, 0.1) is 0 Å². The summed E-state index contributed by atoms with van der Waals surface area (Å²) in [7, 11) is 0. The zero-order valence-corrected chi connectivity index (χ0v) is 15.0. The molecule has 0 saturated heterocycles. The SMILES string of the molecule is C/C=C\c1c(C)cccc1C(=O)NC1(C(=O)O)Cc2cc(F)c(F)cc2C1. The second-order valence-corrected chi connectivity index (χ2v) is 6.77. The first kappa shape index (κ1) is 18.8. The van der Waals surface area contributed by atoms with E-state index in [0.29, 0.717) is 22.3 Å². The molecule has 1 aliphatic carbocycles. The van der Waals surface area contributed by atoms with E-state index < -0.39 is 29.0 Å². The Kier molecular flexibility index (Phi) is 4.83. The summed E-state index contributed by atoms with van der Waals surface area (Å²) < 4.78 is 27.0. The highest BCUT2D eigenvalue weighted by atomic mass is 19.2. The number of nitrogens with one attached hydrogen (secondary N) is 1. The maximum Gasteiger partial charge on any atom is 0.330 e. The molecule has 0 spiro atoms. The van der Waals surface area contributed by atoms with Crippen molar-refractivity contribution in [3.63, 3.8) is 0 Å². The average Bonchev–Trinajstić information content (AvgIpc) is 2.95. The number of fused-ring (bicyclic) bond motifs is 1. The molecule has 27 heavy (non-hydrogen) atoms. The fourth-order valence-corrected chi connectivity index (χ4v) is 3.52. The Morgan fingerprint density at radius 3 is 2.26 bits per heavy atom. The van der Waals surface area contributed by atoms with E-state index in [2.05, 4.69) is 5.32 Å². The summed E-state index contributed by atoms with van der Waals surface area (Å²) in [5, 5.41) is 12.4. The van der Waals surface area contributed by atoms with E-state index in [-0.39, 0.29) is 12.8 Å². The first-order valence-corrected chi connectivity index (χ1v) is 8.52. The minimum Gasteiger partial charge on any atom is -0.479 e. The lowest BCUT2D eigenvalue weighted by Gasteiger charge is -2.26. The molecule has 0 radical (unpaired) electrons. The molecule has 140 valence electrons. The van der Waals surface area contributed by atoms with Crippen LogP contribution >= 0.6 is 0 Å². The van der Waals surface area contributed by atoms with Gasteiger partial charge in [0, 0.05) is 18.4 Å². The number of benzene rings is 2. The van der Waals surface area contributed by atoms with E-state index in [1.165, 1.54) is 0 Å². The van der Waals surface area contributed by atoms with Crippen molar-refractivity contribution in [3.8, 4) is 0 Å². The number of allylic oxidation sites excluding steroid dienone is 1. The molecule has 6 heteroatoms. The Balaban J connectivity index is 1.97. The van der Waals surface area contributed by atoms with Crippen molar-refractivity contribution in [2.24, 2.45) is 0 Å². The summed E-state index contributed by atoms with van der Waals surface area (Å²) in [4.78, 5) is 24.9. The summed E-state index contributed by atoms with van der Waals surface area (Å²) in [6.45, 7) is 3.68. The number of carbonyl (C=O) groups is 2. The molecule has 4 nitrogen and oxygen atoms in total. The van der Waals surface area contributed by atoms with Gasteiger partial charge in [-0.3, -0.25) is 4.79 Å². The van der Waals surface area contributed by atoms with Crippen LogP contribution < -0.4 is 5.32 Å². The molecule has 0 atom stereocenters. The average molecular weight is 371 g/mol. The first-order chi connectivity index (χ1) is 12.8. The Bertz CT molecular complexity index is 935. The number of aryl methyl sites for hydroxylation is 1. The van der Waals surface area contributed by atoms with Gasteiger partial charge in [0.2, 0.25) is 0 Å². The molecule has 1 amide bonds. The Morgan fingerprint density at radius 2 is 1.74 bits per heavy atom. The van der Waals surface area contributed by atoms with E-state index >= 15 is 0 Å². The molecule has 2 N–H and O–H groups in total. The minimum atomic E-state index is -1.64. The standard InChI is InChI=1S/C21H19F2NO3/c1-3-5-15-12(2)6-4-7-16(15)19(25)24-21(20(26)27)10-13-8-17(22)18(23)9-14(13)11-21/h3-9H,10-11H2,1-2H3,(H,24,25)(H,26,27)/b5-3-. The highest BCUT2D eigenvalue weighted by Crippen LogP contribution is 2.32. The Morgan fingerprint density at radius 1 is 1.15 bits per heavy atom. The number of carboxylic acids is 1. The fraction of sp³-hybridized carbons (Fsp3) is 0.238. The summed E-state index contributed by atoms with van der Waals surface area (Å²) in [6.07, 6.45) is 3.37. The number of rotatable bonds is 4. The predicted molar refractivity (Wildman–Crippen MR) is 97.5 cm³/mol. The van der Waals surface area contributed by atoms with Gasteiger partial charge in [0.15, 0.2) is 11.6 Å². The third-order valence-electron chi connectivity index (χ3n) is 4.89. The molecule has 0 aromatic heterocycles. The topological polar surface area (TPSA) is 66.4 Å². The number of aliphatic carboxylic acids is 1. The maximum absolute atomic E-state index is 13.5. The second kappa shape index (κ2) is 6.95. The molecule has 0 unspecified atom stereocenters. The van der Waals surface area contributed by atoms with Gasteiger partial charge in [0.1, 0.15) is 5.54 Å². The van der Waals surface area contributed by atoms with E-state index in [4.69, 9.17) is 0 Å². The molecule has 2 aromatic rings. The van der Waals surface area contributed by atoms with Gasteiger partial charge in [-0.1, -0.05) is 24.3 Å². The normalized spacial score (nSPS) is 15.0. The van der Waals surface area contributed by atoms with Crippen molar-refractivity contribution < 1.29 is 23.5 Å². The monoisotopic (exact) mass is 371 g/mol. The van der Waals surface area contributed by atoms with Crippen molar-refractivity contribution in [3.05, 3.63) is 75.9 Å². The van der Waals surface area contributed by atoms with E-state index in [1.54, 1.807) is 24.3 Å². The van der Waals surface area contributed by atoms with Crippen molar-refractivity contribution in [2.75, 3.05) is 0 Å². The number of hydrogen-bond acceptors (Lipinski definition) is 2. The first-order valence-electron chi connectivity index (χ1n) is 8.52. The van der Waals surface area contributed by atoms with Gasteiger partial charge in [-0.15, -0.1) is 0 Å². The lowest BCUT2D eigenvalue weighted by Crippen LogP contribution is -2.55. The Labute approximate surface area is 155 Å². The predicted octanol–water partition coefficient (Wildman–Crippen LogP) is 3.66.